The summed E-state index contributed by atoms with van der Waals surface area (Å²) in [5.41, 5.74) is 4.23. The first-order valence-corrected chi connectivity index (χ1v) is 11.0. The second kappa shape index (κ2) is 10.2. The molecule has 5 nitrogen and oxygen atoms in total. The summed E-state index contributed by atoms with van der Waals surface area (Å²) >= 11 is 0. The van der Waals surface area contributed by atoms with Crippen molar-refractivity contribution in [2.75, 3.05) is 13.7 Å². The number of carbonyl (C=O) groups is 1. The van der Waals surface area contributed by atoms with Crippen LogP contribution in [-0.2, 0) is 16.0 Å². The van der Waals surface area contributed by atoms with Crippen LogP contribution in [0.3, 0.4) is 0 Å². The van der Waals surface area contributed by atoms with Gasteiger partial charge in [0.05, 0.1) is 13.7 Å². The van der Waals surface area contributed by atoms with Crippen LogP contribution < -0.4 is 9.47 Å². The van der Waals surface area contributed by atoms with Crippen molar-refractivity contribution in [3.8, 4) is 11.5 Å². The summed E-state index contributed by atoms with van der Waals surface area (Å²) < 4.78 is 16.8. The van der Waals surface area contributed by atoms with Crippen LogP contribution >= 0.6 is 0 Å². The first-order chi connectivity index (χ1) is 16.0. The minimum absolute atomic E-state index is 0.248. The van der Waals surface area contributed by atoms with Crippen LogP contribution in [0.1, 0.15) is 42.0 Å². The molecule has 0 atom stereocenters. The van der Waals surface area contributed by atoms with Crippen LogP contribution in [0.5, 0.6) is 11.5 Å². The van der Waals surface area contributed by atoms with Gasteiger partial charge in [-0.2, -0.15) is 0 Å². The SMILES string of the molecule is COc1cc(/C=C2\N=C(c3ccc(C(C)C)cc3)OC2=O)ccc1OCCc1ccccc1. The molecule has 5 heteroatoms. The summed E-state index contributed by atoms with van der Waals surface area (Å²) in [5.74, 6) is 1.52. The second-order valence-electron chi connectivity index (χ2n) is 8.11. The van der Waals surface area contributed by atoms with Crippen molar-refractivity contribution in [2.45, 2.75) is 26.2 Å². The smallest absolute Gasteiger partial charge is 0.363 e. The molecular formula is C28H27NO4. The summed E-state index contributed by atoms with van der Waals surface area (Å²) in [4.78, 5) is 16.8. The Morgan fingerprint density at radius 3 is 2.42 bits per heavy atom. The molecule has 33 heavy (non-hydrogen) atoms. The maximum absolute atomic E-state index is 12.4. The topological polar surface area (TPSA) is 57.1 Å². The molecule has 0 saturated carbocycles. The van der Waals surface area contributed by atoms with E-state index in [1.54, 1.807) is 13.2 Å². The Bertz CT molecular complexity index is 1180. The fourth-order valence-corrected chi connectivity index (χ4v) is 3.52. The fraction of sp³-hybridized carbons (Fsp3) is 0.214. The zero-order valence-electron chi connectivity index (χ0n) is 19.1. The number of methoxy groups -OCH3 is 1. The molecule has 4 rings (SSSR count). The van der Waals surface area contributed by atoms with Crippen LogP contribution in [0.25, 0.3) is 6.08 Å². The van der Waals surface area contributed by atoms with Gasteiger partial charge in [0.15, 0.2) is 17.2 Å². The lowest BCUT2D eigenvalue weighted by Gasteiger charge is -2.11. The minimum Gasteiger partial charge on any atom is -0.493 e. The van der Waals surface area contributed by atoms with Gasteiger partial charge in [-0.15, -0.1) is 0 Å². The molecule has 0 aliphatic carbocycles. The molecule has 3 aromatic rings. The average molecular weight is 442 g/mol. The van der Waals surface area contributed by atoms with Crippen LogP contribution in [-0.4, -0.2) is 25.6 Å². The van der Waals surface area contributed by atoms with Crippen molar-refractivity contribution in [3.05, 3.63) is 101 Å². The third-order valence-corrected chi connectivity index (χ3v) is 5.43. The number of hydrogen-bond donors (Lipinski definition) is 0. The molecule has 0 spiro atoms. The van der Waals surface area contributed by atoms with Gasteiger partial charge in [0.2, 0.25) is 5.90 Å². The van der Waals surface area contributed by atoms with Crippen molar-refractivity contribution in [1.82, 2.24) is 0 Å². The standard InChI is InChI=1S/C28H27NO4/c1-19(2)22-10-12-23(13-11-22)27-29-24(28(30)33-27)17-21-9-14-25(26(18-21)31-3)32-16-15-20-7-5-4-6-8-20/h4-14,17-19H,15-16H2,1-3H3/b24-17-. The van der Waals surface area contributed by atoms with E-state index < -0.39 is 5.97 Å². The van der Waals surface area contributed by atoms with Gasteiger partial charge in [0, 0.05) is 12.0 Å². The first kappa shape index (κ1) is 22.3. The largest absolute Gasteiger partial charge is 0.493 e. The highest BCUT2D eigenvalue weighted by Gasteiger charge is 2.24. The summed E-state index contributed by atoms with van der Waals surface area (Å²) in [6.45, 7) is 4.81. The Balaban J connectivity index is 1.47. The number of ether oxygens (including phenoxy) is 3. The number of benzene rings is 3. The lowest BCUT2D eigenvalue weighted by atomic mass is 10.0. The zero-order valence-corrected chi connectivity index (χ0v) is 19.1. The Labute approximate surface area is 194 Å². The Morgan fingerprint density at radius 1 is 0.970 bits per heavy atom. The van der Waals surface area contributed by atoms with Gasteiger partial charge >= 0.3 is 5.97 Å². The van der Waals surface area contributed by atoms with E-state index in [1.165, 1.54) is 11.1 Å². The van der Waals surface area contributed by atoms with Crippen LogP contribution in [0.2, 0.25) is 0 Å². The second-order valence-corrected chi connectivity index (χ2v) is 8.11. The maximum Gasteiger partial charge on any atom is 0.363 e. The van der Waals surface area contributed by atoms with E-state index in [9.17, 15) is 4.79 Å². The molecule has 0 bridgehead atoms. The normalized spacial score (nSPS) is 14.4. The van der Waals surface area contributed by atoms with Crippen molar-refractivity contribution in [1.29, 1.82) is 0 Å². The summed E-state index contributed by atoms with van der Waals surface area (Å²) in [7, 11) is 1.59. The van der Waals surface area contributed by atoms with Crippen LogP contribution in [0.4, 0.5) is 0 Å². The highest BCUT2D eigenvalue weighted by Crippen LogP contribution is 2.30. The van der Waals surface area contributed by atoms with Crippen molar-refractivity contribution < 1.29 is 19.0 Å². The maximum atomic E-state index is 12.4. The van der Waals surface area contributed by atoms with E-state index in [2.05, 4.69) is 31.0 Å². The Hall–Kier alpha value is -3.86. The molecular weight excluding hydrogens is 414 g/mol. The van der Waals surface area contributed by atoms with Gasteiger partial charge in [0.1, 0.15) is 0 Å². The van der Waals surface area contributed by atoms with Crippen LogP contribution in [0.15, 0.2) is 83.5 Å². The molecule has 0 fully saturated rings. The number of carbonyl (C=O) groups excluding carboxylic acids is 1. The van der Waals surface area contributed by atoms with Gasteiger partial charge in [-0.25, -0.2) is 9.79 Å². The number of cyclic esters (lactones) is 1. The molecule has 0 radical (unpaired) electrons. The summed E-state index contributed by atoms with van der Waals surface area (Å²) in [6.07, 6.45) is 2.49. The first-order valence-electron chi connectivity index (χ1n) is 11.0. The van der Waals surface area contributed by atoms with E-state index in [-0.39, 0.29) is 5.70 Å². The molecule has 0 aromatic heterocycles. The van der Waals surface area contributed by atoms with Gasteiger partial charge < -0.3 is 14.2 Å². The molecule has 1 aliphatic rings. The minimum atomic E-state index is -0.472. The molecule has 1 heterocycles. The molecule has 0 saturated heterocycles. The number of esters is 1. The number of aliphatic imine (C=N–C) groups is 1. The molecule has 168 valence electrons. The monoisotopic (exact) mass is 441 g/mol. The van der Waals surface area contributed by atoms with Crippen LogP contribution in [0, 0.1) is 0 Å². The van der Waals surface area contributed by atoms with E-state index in [4.69, 9.17) is 14.2 Å². The molecule has 0 amide bonds. The summed E-state index contributed by atoms with van der Waals surface area (Å²) in [6, 6.07) is 23.6. The number of nitrogens with zero attached hydrogens (tertiary/aromatic N) is 1. The fourth-order valence-electron chi connectivity index (χ4n) is 3.52. The van der Waals surface area contributed by atoms with Gasteiger partial charge in [-0.3, -0.25) is 0 Å². The zero-order chi connectivity index (χ0) is 23.2. The van der Waals surface area contributed by atoms with Crippen molar-refractivity contribution >= 4 is 17.9 Å². The molecule has 3 aromatic carbocycles. The van der Waals surface area contributed by atoms with Gasteiger partial charge in [-0.1, -0.05) is 62.4 Å². The lowest BCUT2D eigenvalue weighted by molar-refractivity contribution is -0.129. The molecule has 0 unspecified atom stereocenters. The predicted molar refractivity (Wildman–Crippen MR) is 130 cm³/mol. The van der Waals surface area contributed by atoms with Crippen molar-refractivity contribution in [2.24, 2.45) is 4.99 Å². The highest BCUT2D eigenvalue weighted by atomic mass is 16.6. The average Bonchev–Trinajstić information content (AvgIpc) is 3.20. The van der Waals surface area contributed by atoms with Crippen molar-refractivity contribution in [3.63, 3.8) is 0 Å². The molecule has 0 N–H and O–H groups in total. The number of hydrogen-bond acceptors (Lipinski definition) is 5. The van der Waals surface area contributed by atoms with E-state index in [1.807, 2.05) is 60.7 Å². The van der Waals surface area contributed by atoms with E-state index in [0.29, 0.717) is 29.9 Å². The Kier molecular flexibility index (Phi) is 6.89. The lowest BCUT2D eigenvalue weighted by Crippen LogP contribution is -2.05. The van der Waals surface area contributed by atoms with E-state index >= 15 is 0 Å². The summed E-state index contributed by atoms with van der Waals surface area (Å²) in [5, 5.41) is 0. The predicted octanol–water partition coefficient (Wildman–Crippen LogP) is 5.78. The quantitative estimate of drug-likeness (QED) is 0.328. The third-order valence-electron chi connectivity index (χ3n) is 5.43. The van der Waals surface area contributed by atoms with Gasteiger partial charge in [0.25, 0.3) is 0 Å². The van der Waals surface area contributed by atoms with Gasteiger partial charge in [-0.05, 0) is 52.9 Å². The molecule has 1 aliphatic heterocycles. The number of rotatable bonds is 8. The third kappa shape index (κ3) is 5.50. The highest BCUT2D eigenvalue weighted by molar-refractivity contribution is 6.12. The Morgan fingerprint density at radius 2 is 1.73 bits per heavy atom. The van der Waals surface area contributed by atoms with E-state index in [0.717, 1.165) is 17.5 Å².